The number of rotatable bonds is 2. The maximum atomic E-state index is 11.8. The number of aromatic hydroxyl groups is 1. The van der Waals surface area contributed by atoms with Gasteiger partial charge in [0.15, 0.2) is 5.82 Å². The maximum absolute atomic E-state index is 11.8. The van der Waals surface area contributed by atoms with Crippen molar-refractivity contribution in [1.82, 2.24) is 15.1 Å². The van der Waals surface area contributed by atoms with Crippen LogP contribution in [0.5, 0.6) is 5.75 Å². The average molecular weight is 403 g/mol. The first kappa shape index (κ1) is 19.0. The van der Waals surface area contributed by atoms with Gasteiger partial charge < -0.3 is 19.6 Å². The summed E-state index contributed by atoms with van der Waals surface area (Å²) in [5.74, 6) is 0.923. The number of phenols is 1. The van der Waals surface area contributed by atoms with E-state index >= 15 is 0 Å². The number of aryl methyl sites for hydroxylation is 1. The molecule has 1 amide bonds. The number of anilines is 1. The maximum Gasteiger partial charge on any atom is 0.219 e. The second kappa shape index (κ2) is 7.56. The Bertz CT molecular complexity index is 907. The summed E-state index contributed by atoms with van der Waals surface area (Å²) in [5, 5.41) is 19.5. The zero-order valence-electron chi connectivity index (χ0n) is 15.9. The highest BCUT2D eigenvalue weighted by Gasteiger charge is 2.38. The van der Waals surface area contributed by atoms with Crippen molar-refractivity contribution in [3.8, 4) is 17.0 Å². The van der Waals surface area contributed by atoms with Gasteiger partial charge in [0.1, 0.15) is 5.75 Å². The molecule has 1 N–H and O–H groups in total. The largest absolute Gasteiger partial charge is 0.507 e. The Balaban J connectivity index is 1.63. The van der Waals surface area contributed by atoms with E-state index in [2.05, 4.69) is 15.1 Å². The standard InChI is InChI=1S/C20H23ClN4O3/c1-12-9-19(22-23-20(12)15-4-3-14(21)10-17(15)27)25-7-8-28-18-5-6-24(13(2)26)11-16(18)25/h3-4,9-10,16,18,27H,5-8,11H2,1-2H3/t16-,18+/m0/s1. The molecule has 2 fully saturated rings. The van der Waals surface area contributed by atoms with Crippen LogP contribution in [0.3, 0.4) is 0 Å². The van der Waals surface area contributed by atoms with Gasteiger partial charge in [0.25, 0.3) is 0 Å². The summed E-state index contributed by atoms with van der Waals surface area (Å²) in [4.78, 5) is 15.9. The molecule has 1 aromatic heterocycles. The third-order valence-corrected chi connectivity index (χ3v) is 5.75. The van der Waals surface area contributed by atoms with Gasteiger partial charge in [-0.25, -0.2) is 0 Å². The molecular formula is C20H23ClN4O3. The number of likely N-dealkylation sites (tertiary alicyclic amines) is 1. The van der Waals surface area contributed by atoms with Crippen LogP contribution in [0.2, 0.25) is 5.02 Å². The van der Waals surface area contributed by atoms with Crippen molar-refractivity contribution in [2.75, 3.05) is 31.1 Å². The van der Waals surface area contributed by atoms with Crippen LogP contribution in [-0.4, -0.2) is 64.5 Å². The summed E-state index contributed by atoms with van der Waals surface area (Å²) in [7, 11) is 0. The lowest BCUT2D eigenvalue weighted by atomic mass is 9.98. The van der Waals surface area contributed by atoms with Gasteiger partial charge in [0.05, 0.1) is 24.4 Å². The lowest BCUT2D eigenvalue weighted by molar-refractivity contribution is -0.133. The Morgan fingerprint density at radius 2 is 2.11 bits per heavy atom. The van der Waals surface area contributed by atoms with E-state index in [1.807, 2.05) is 17.9 Å². The van der Waals surface area contributed by atoms with Crippen LogP contribution in [0.1, 0.15) is 18.9 Å². The minimum absolute atomic E-state index is 0.0647. The number of phenolic OH excluding ortho intramolecular Hbond substituents is 1. The van der Waals surface area contributed by atoms with E-state index in [4.69, 9.17) is 16.3 Å². The van der Waals surface area contributed by atoms with Crippen LogP contribution >= 0.6 is 11.6 Å². The van der Waals surface area contributed by atoms with E-state index in [9.17, 15) is 9.90 Å². The van der Waals surface area contributed by atoms with Crippen molar-refractivity contribution in [2.24, 2.45) is 0 Å². The number of morpholine rings is 1. The molecule has 3 heterocycles. The molecule has 0 unspecified atom stereocenters. The van der Waals surface area contributed by atoms with Crippen LogP contribution in [0, 0.1) is 6.92 Å². The molecule has 0 radical (unpaired) electrons. The van der Waals surface area contributed by atoms with Crippen molar-refractivity contribution >= 4 is 23.3 Å². The average Bonchev–Trinajstić information content (AvgIpc) is 2.67. The summed E-state index contributed by atoms with van der Waals surface area (Å²) < 4.78 is 5.94. The second-order valence-corrected chi connectivity index (χ2v) is 7.76. The van der Waals surface area contributed by atoms with Crippen molar-refractivity contribution in [3.05, 3.63) is 34.9 Å². The molecule has 0 aliphatic carbocycles. The van der Waals surface area contributed by atoms with Crippen LogP contribution < -0.4 is 4.90 Å². The molecule has 148 valence electrons. The summed E-state index contributed by atoms with van der Waals surface area (Å²) in [6.45, 7) is 6.23. The predicted molar refractivity (Wildman–Crippen MR) is 107 cm³/mol. The van der Waals surface area contributed by atoms with E-state index in [0.29, 0.717) is 36.0 Å². The van der Waals surface area contributed by atoms with Crippen molar-refractivity contribution in [2.45, 2.75) is 32.4 Å². The first-order chi connectivity index (χ1) is 13.4. The Morgan fingerprint density at radius 1 is 1.29 bits per heavy atom. The number of amides is 1. The van der Waals surface area contributed by atoms with E-state index in [-0.39, 0.29) is 23.8 Å². The normalized spacial score (nSPS) is 22.1. The van der Waals surface area contributed by atoms with E-state index < -0.39 is 0 Å². The van der Waals surface area contributed by atoms with Gasteiger partial charge in [0.2, 0.25) is 5.91 Å². The molecule has 0 saturated carbocycles. The van der Waals surface area contributed by atoms with Gasteiger partial charge in [-0.15, -0.1) is 10.2 Å². The number of piperidine rings is 1. The van der Waals surface area contributed by atoms with Gasteiger partial charge in [-0.05, 0) is 43.2 Å². The number of benzene rings is 1. The third kappa shape index (κ3) is 3.52. The molecule has 2 aliphatic heterocycles. The molecule has 7 nitrogen and oxygen atoms in total. The molecule has 0 spiro atoms. The summed E-state index contributed by atoms with van der Waals surface area (Å²) >= 11 is 5.93. The quantitative estimate of drug-likeness (QED) is 0.831. The van der Waals surface area contributed by atoms with Gasteiger partial charge in [-0.2, -0.15) is 0 Å². The van der Waals surface area contributed by atoms with Gasteiger partial charge in [0, 0.05) is 37.1 Å². The van der Waals surface area contributed by atoms with E-state index in [1.54, 1.807) is 19.1 Å². The van der Waals surface area contributed by atoms with Crippen LogP contribution in [-0.2, 0) is 9.53 Å². The Kier molecular flexibility index (Phi) is 5.12. The lowest BCUT2D eigenvalue weighted by Crippen LogP contribution is -2.61. The fourth-order valence-electron chi connectivity index (χ4n) is 4.03. The van der Waals surface area contributed by atoms with Crippen molar-refractivity contribution in [3.63, 3.8) is 0 Å². The number of hydrogen-bond donors (Lipinski definition) is 1. The zero-order chi connectivity index (χ0) is 19.8. The minimum Gasteiger partial charge on any atom is -0.507 e. The van der Waals surface area contributed by atoms with Gasteiger partial charge in [-0.3, -0.25) is 4.79 Å². The topological polar surface area (TPSA) is 78.8 Å². The van der Waals surface area contributed by atoms with Gasteiger partial charge >= 0.3 is 0 Å². The molecule has 28 heavy (non-hydrogen) atoms. The number of fused-ring (bicyclic) bond motifs is 1. The molecule has 2 aromatic rings. The number of hydrogen-bond acceptors (Lipinski definition) is 6. The monoisotopic (exact) mass is 402 g/mol. The van der Waals surface area contributed by atoms with Gasteiger partial charge in [-0.1, -0.05) is 11.6 Å². The van der Waals surface area contributed by atoms with Crippen LogP contribution in [0.25, 0.3) is 11.3 Å². The fourth-order valence-corrected chi connectivity index (χ4v) is 4.19. The molecule has 8 heteroatoms. The van der Waals surface area contributed by atoms with E-state index in [0.717, 1.165) is 24.3 Å². The zero-order valence-corrected chi connectivity index (χ0v) is 16.7. The Hall–Kier alpha value is -2.38. The Morgan fingerprint density at radius 3 is 2.82 bits per heavy atom. The SMILES string of the molecule is CC(=O)N1CC[C@H]2OCCN(c3cc(C)c(-c4ccc(Cl)cc4O)nn3)[C@H]2C1. The molecule has 4 rings (SSSR count). The molecule has 2 aliphatic rings. The fraction of sp³-hybridized carbons (Fsp3) is 0.450. The molecule has 2 atom stereocenters. The first-order valence-corrected chi connectivity index (χ1v) is 9.79. The molecule has 1 aromatic carbocycles. The van der Waals surface area contributed by atoms with E-state index in [1.165, 1.54) is 6.07 Å². The predicted octanol–water partition coefficient (Wildman–Crippen LogP) is 2.64. The van der Waals surface area contributed by atoms with Crippen LogP contribution in [0.4, 0.5) is 5.82 Å². The highest BCUT2D eigenvalue weighted by molar-refractivity contribution is 6.30. The number of nitrogens with zero attached hydrogens (tertiary/aromatic N) is 4. The Labute approximate surface area is 168 Å². The summed E-state index contributed by atoms with van der Waals surface area (Å²) in [6, 6.07) is 7.00. The first-order valence-electron chi connectivity index (χ1n) is 9.41. The van der Waals surface area contributed by atoms with Crippen LogP contribution in [0.15, 0.2) is 24.3 Å². The summed E-state index contributed by atoms with van der Waals surface area (Å²) in [6.07, 6.45) is 0.913. The third-order valence-electron chi connectivity index (χ3n) is 5.51. The molecule has 2 saturated heterocycles. The lowest BCUT2D eigenvalue weighted by Gasteiger charge is -2.47. The number of aromatic nitrogens is 2. The molecular weight excluding hydrogens is 380 g/mol. The van der Waals surface area contributed by atoms with Crippen molar-refractivity contribution in [1.29, 1.82) is 0 Å². The second-order valence-electron chi connectivity index (χ2n) is 7.32. The van der Waals surface area contributed by atoms with Crippen molar-refractivity contribution < 1.29 is 14.6 Å². The number of carbonyl (C=O) groups is 1. The minimum atomic E-state index is 0.0647. The smallest absolute Gasteiger partial charge is 0.219 e. The molecule has 0 bridgehead atoms. The highest BCUT2D eigenvalue weighted by Crippen LogP contribution is 2.34. The summed E-state index contributed by atoms with van der Waals surface area (Å²) in [5.41, 5.74) is 2.13. The number of carbonyl (C=O) groups excluding carboxylic acids is 1. The highest BCUT2D eigenvalue weighted by atomic mass is 35.5. The number of ether oxygens (including phenoxy) is 1. The number of halogens is 1.